The maximum atomic E-state index is 12.7. The summed E-state index contributed by atoms with van der Waals surface area (Å²) in [6.45, 7) is 6.81. The van der Waals surface area contributed by atoms with Gasteiger partial charge in [0.15, 0.2) is 11.5 Å². The van der Waals surface area contributed by atoms with Crippen molar-refractivity contribution in [3.63, 3.8) is 0 Å². The average Bonchev–Trinajstić information content (AvgIpc) is 2.51. The van der Waals surface area contributed by atoms with E-state index in [1.165, 1.54) is 6.42 Å². The lowest BCUT2D eigenvalue weighted by molar-refractivity contribution is 0.287. The Hall–Kier alpha value is -1.27. The molecule has 1 fully saturated rings. The van der Waals surface area contributed by atoms with Crippen LogP contribution in [0.1, 0.15) is 46.5 Å². The first kappa shape index (κ1) is 18.1. The molecule has 2 unspecified atom stereocenters. The molecule has 0 aliphatic heterocycles. The Labute approximate surface area is 139 Å². The minimum Gasteiger partial charge on any atom is -0.490 e. The van der Waals surface area contributed by atoms with Crippen LogP contribution in [0.25, 0.3) is 0 Å². The number of hydrogen-bond donors (Lipinski definition) is 1. The number of sulfonamides is 1. The zero-order valence-electron chi connectivity index (χ0n) is 14.2. The Morgan fingerprint density at radius 1 is 1.09 bits per heavy atom. The molecule has 0 spiro atoms. The molecule has 2 atom stereocenters. The second kappa shape index (κ2) is 8.02. The highest BCUT2D eigenvalue weighted by Crippen LogP contribution is 2.31. The summed E-state index contributed by atoms with van der Waals surface area (Å²) in [5, 5.41) is 0. The summed E-state index contributed by atoms with van der Waals surface area (Å²) in [4.78, 5) is 0.224. The summed E-state index contributed by atoms with van der Waals surface area (Å²) in [5.41, 5.74) is 0. The molecule has 1 aliphatic carbocycles. The molecule has 0 saturated heterocycles. The highest BCUT2D eigenvalue weighted by Gasteiger charge is 2.27. The van der Waals surface area contributed by atoms with Crippen LogP contribution in [0.2, 0.25) is 0 Å². The van der Waals surface area contributed by atoms with E-state index in [0.717, 1.165) is 19.3 Å². The van der Waals surface area contributed by atoms with Crippen molar-refractivity contribution in [1.82, 2.24) is 4.72 Å². The van der Waals surface area contributed by atoms with Crippen molar-refractivity contribution in [3.05, 3.63) is 18.2 Å². The molecule has 0 bridgehead atoms. The predicted molar refractivity (Wildman–Crippen MR) is 90.5 cm³/mol. The minimum absolute atomic E-state index is 0.0101. The Bertz CT molecular complexity index is 615. The highest BCUT2D eigenvalue weighted by molar-refractivity contribution is 7.89. The van der Waals surface area contributed by atoms with Crippen LogP contribution in [0, 0.1) is 5.92 Å². The number of nitrogens with one attached hydrogen (secondary N) is 1. The van der Waals surface area contributed by atoms with E-state index in [2.05, 4.69) is 11.6 Å². The zero-order chi connectivity index (χ0) is 16.9. The van der Waals surface area contributed by atoms with Crippen molar-refractivity contribution < 1.29 is 17.9 Å². The second-order valence-corrected chi connectivity index (χ2v) is 7.68. The fourth-order valence-corrected chi connectivity index (χ4v) is 4.35. The Morgan fingerprint density at radius 3 is 2.39 bits per heavy atom. The van der Waals surface area contributed by atoms with Crippen LogP contribution in [0.3, 0.4) is 0 Å². The zero-order valence-corrected chi connectivity index (χ0v) is 15.0. The van der Waals surface area contributed by atoms with Gasteiger partial charge in [0, 0.05) is 12.1 Å². The molecule has 5 nitrogen and oxygen atoms in total. The van der Waals surface area contributed by atoms with Gasteiger partial charge in [-0.05, 0) is 44.7 Å². The van der Waals surface area contributed by atoms with E-state index < -0.39 is 10.0 Å². The number of benzene rings is 1. The van der Waals surface area contributed by atoms with Gasteiger partial charge in [0.25, 0.3) is 0 Å². The maximum absolute atomic E-state index is 12.7. The van der Waals surface area contributed by atoms with E-state index in [0.29, 0.717) is 30.6 Å². The van der Waals surface area contributed by atoms with Gasteiger partial charge in [-0.15, -0.1) is 0 Å². The molecule has 0 radical (unpaired) electrons. The van der Waals surface area contributed by atoms with Crippen LogP contribution in [0.15, 0.2) is 23.1 Å². The van der Waals surface area contributed by atoms with Crippen LogP contribution >= 0.6 is 0 Å². The van der Waals surface area contributed by atoms with Crippen molar-refractivity contribution in [2.45, 2.75) is 57.4 Å². The number of rotatable bonds is 7. The molecule has 0 aromatic heterocycles. The Kier molecular flexibility index (Phi) is 6.30. The van der Waals surface area contributed by atoms with Crippen molar-refractivity contribution >= 4 is 10.0 Å². The van der Waals surface area contributed by atoms with E-state index >= 15 is 0 Å². The summed E-state index contributed by atoms with van der Waals surface area (Å²) >= 11 is 0. The van der Waals surface area contributed by atoms with Crippen LogP contribution in [-0.2, 0) is 10.0 Å². The van der Waals surface area contributed by atoms with Gasteiger partial charge in [0.05, 0.1) is 18.1 Å². The minimum atomic E-state index is -3.55. The molecular formula is C17H27NO4S. The third kappa shape index (κ3) is 4.61. The first-order chi connectivity index (χ1) is 11.0. The molecule has 1 N–H and O–H groups in total. The molecule has 1 aliphatic rings. The van der Waals surface area contributed by atoms with Crippen LogP contribution < -0.4 is 14.2 Å². The normalized spacial score (nSPS) is 21.9. The first-order valence-electron chi connectivity index (χ1n) is 8.40. The number of ether oxygens (including phenoxy) is 2. The molecule has 1 aromatic carbocycles. The van der Waals surface area contributed by atoms with Gasteiger partial charge < -0.3 is 9.47 Å². The molecular weight excluding hydrogens is 314 g/mol. The van der Waals surface area contributed by atoms with Gasteiger partial charge in [-0.1, -0.05) is 19.8 Å². The lowest BCUT2D eigenvalue weighted by Crippen LogP contribution is -2.40. The largest absolute Gasteiger partial charge is 0.490 e. The molecule has 130 valence electrons. The Morgan fingerprint density at radius 2 is 1.74 bits per heavy atom. The van der Waals surface area contributed by atoms with Gasteiger partial charge in [-0.2, -0.15) is 0 Å². The van der Waals surface area contributed by atoms with Gasteiger partial charge in [-0.25, -0.2) is 13.1 Å². The fourth-order valence-electron chi connectivity index (χ4n) is 2.96. The molecule has 23 heavy (non-hydrogen) atoms. The molecule has 2 rings (SSSR count). The Balaban J connectivity index is 2.22. The molecule has 1 aromatic rings. The maximum Gasteiger partial charge on any atom is 0.240 e. The van der Waals surface area contributed by atoms with Gasteiger partial charge in [0.2, 0.25) is 10.0 Å². The average molecular weight is 341 g/mol. The van der Waals surface area contributed by atoms with Gasteiger partial charge >= 0.3 is 0 Å². The van der Waals surface area contributed by atoms with Gasteiger partial charge in [0.1, 0.15) is 0 Å². The third-order valence-corrected chi connectivity index (χ3v) is 5.73. The quantitative estimate of drug-likeness (QED) is 0.826. The van der Waals surface area contributed by atoms with Crippen LogP contribution in [0.4, 0.5) is 0 Å². The van der Waals surface area contributed by atoms with Crippen molar-refractivity contribution in [2.75, 3.05) is 13.2 Å². The SMILES string of the molecule is CCOc1ccc(S(=O)(=O)NC2CCCCC2C)cc1OCC. The summed E-state index contributed by atoms with van der Waals surface area (Å²) < 4.78 is 39.2. The van der Waals surface area contributed by atoms with Crippen LogP contribution in [0.5, 0.6) is 11.5 Å². The van der Waals surface area contributed by atoms with E-state index in [1.54, 1.807) is 18.2 Å². The summed E-state index contributed by atoms with van der Waals surface area (Å²) in [6.07, 6.45) is 4.22. The fraction of sp³-hybridized carbons (Fsp3) is 0.647. The van der Waals surface area contributed by atoms with Crippen molar-refractivity contribution in [1.29, 1.82) is 0 Å². The summed E-state index contributed by atoms with van der Waals surface area (Å²) in [5.74, 6) is 1.40. The monoisotopic (exact) mass is 341 g/mol. The molecule has 0 heterocycles. The van der Waals surface area contributed by atoms with E-state index in [1.807, 2.05) is 13.8 Å². The topological polar surface area (TPSA) is 64.6 Å². The van der Waals surface area contributed by atoms with Gasteiger partial charge in [-0.3, -0.25) is 0 Å². The van der Waals surface area contributed by atoms with E-state index in [9.17, 15) is 8.42 Å². The lowest BCUT2D eigenvalue weighted by atomic mass is 9.87. The van der Waals surface area contributed by atoms with E-state index in [4.69, 9.17) is 9.47 Å². The highest BCUT2D eigenvalue weighted by atomic mass is 32.2. The molecule has 6 heteroatoms. The van der Waals surface area contributed by atoms with Crippen molar-refractivity contribution in [2.24, 2.45) is 5.92 Å². The van der Waals surface area contributed by atoms with Crippen LogP contribution in [-0.4, -0.2) is 27.7 Å². The smallest absolute Gasteiger partial charge is 0.240 e. The first-order valence-corrected chi connectivity index (χ1v) is 9.88. The summed E-state index contributed by atoms with van der Waals surface area (Å²) in [7, 11) is -3.55. The third-order valence-electron chi connectivity index (χ3n) is 4.24. The number of hydrogen-bond acceptors (Lipinski definition) is 4. The predicted octanol–water partition coefficient (Wildman–Crippen LogP) is 3.34. The standard InChI is InChI=1S/C17H27NO4S/c1-4-21-16-11-10-14(12-17(16)22-5-2)23(19,20)18-15-9-7-6-8-13(15)3/h10-13,15,18H,4-9H2,1-3H3. The lowest BCUT2D eigenvalue weighted by Gasteiger charge is -2.29. The second-order valence-electron chi connectivity index (χ2n) is 5.96. The van der Waals surface area contributed by atoms with E-state index in [-0.39, 0.29) is 10.9 Å². The summed E-state index contributed by atoms with van der Waals surface area (Å²) in [6, 6.07) is 4.79. The molecule has 0 amide bonds. The molecule has 1 saturated carbocycles. The van der Waals surface area contributed by atoms with Crippen molar-refractivity contribution in [3.8, 4) is 11.5 Å².